The third kappa shape index (κ3) is 3.69. The zero-order valence-electron chi connectivity index (χ0n) is 9.84. The highest BCUT2D eigenvalue weighted by atomic mass is 15.1. The Morgan fingerprint density at radius 2 is 1.79 bits per heavy atom. The molecule has 2 heteroatoms. The Kier molecular flexibility index (Phi) is 3.97. The van der Waals surface area contributed by atoms with Gasteiger partial charge in [0, 0.05) is 5.71 Å². The van der Waals surface area contributed by atoms with Crippen LogP contribution >= 0.6 is 0 Å². The third-order valence-electron chi connectivity index (χ3n) is 2.95. The molecule has 0 atom stereocenters. The van der Waals surface area contributed by atoms with Crippen molar-refractivity contribution in [3.8, 4) is 0 Å². The van der Waals surface area contributed by atoms with E-state index in [1.54, 1.807) is 0 Å². The quantitative estimate of drug-likeness (QED) is 0.411. The summed E-state index contributed by atoms with van der Waals surface area (Å²) in [4.78, 5) is 0. The normalized spacial score (nSPS) is 21.2. The molecule has 1 rings (SSSR count). The van der Waals surface area contributed by atoms with Crippen molar-refractivity contribution in [3.05, 3.63) is 0 Å². The molecule has 2 nitrogen and oxygen atoms in total. The minimum Gasteiger partial charge on any atom is -0.323 e. The van der Waals surface area contributed by atoms with Crippen molar-refractivity contribution in [2.75, 3.05) is 0 Å². The third-order valence-corrected chi connectivity index (χ3v) is 2.95. The molecule has 0 aromatic carbocycles. The second-order valence-electron chi connectivity index (χ2n) is 5.69. The standard InChI is InChI=1S/C12H24N2/c1-12(2,3)9-11(14-13)10-7-5-4-6-8-10/h10H,4-9,13H2,1-3H3/b14-11+. The van der Waals surface area contributed by atoms with Gasteiger partial charge in [-0.2, -0.15) is 5.10 Å². The van der Waals surface area contributed by atoms with Gasteiger partial charge in [-0.05, 0) is 30.6 Å². The molecule has 1 aliphatic carbocycles. The van der Waals surface area contributed by atoms with E-state index < -0.39 is 0 Å². The molecule has 14 heavy (non-hydrogen) atoms. The SMILES string of the molecule is CC(C)(C)C/C(=N\N)C1CCCCC1. The van der Waals surface area contributed by atoms with Gasteiger partial charge in [0.15, 0.2) is 0 Å². The summed E-state index contributed by atoms with van der Waals surface area (Å²) in [5.41, 5.74) is 1.56. The van der Waals surface area contributed by atoms with E-state index in [1.165, 1.54) is 37.8 Å². The number of rotatable bonds is 2. The summed E-state index contributed by atoms with van der Waals surface area (Å²) in [5.74, 6) is 6.17. The van der Waals surface area contributed by atoms with Crippen LogP contribution in [-0.2, 0) is 0 Å². The smallest absolute Gasteiger partial charge is 0.0412 e. The molecular formula is C12H24N2. The number of nitrogens with zero attached hydrogens (tertiary/aromatic N) is 1. The van der Waals surface area contributed by atoms with Gasteiger partial charge >= 0.3 is 0 Å². The molecule has 0 aromatic rings. The van der Waals surface area contributed by atoms with Gasteiger partial charge in [0.05, 0.1) is 0 Å². The van der Waals surface area contributed by atoms with E-state index in [9.17, 15) is 0 Å². The second-order valence-corrected chi connectivity index (χ2v) is 5.69. The Morgan fingerprint density at radius 1 is 1.21 bits per heavy atom. The van der Waals surface area contributed by atoms with E-state index in [2.05, 4.69) is 25.9 Å². The molecule has 0 heterocycles. The highest BCUT2D eigenvalue weighted by Gasteiger charge is 2.23. The first kappa shape index (κ1) is 11.5. The molecule has 1 fully saturated rings. The van der Waals surface area contributed by atoms with E-state index in [0.717, 1.165) is 6.42 Å². The first-order valence-corrected chi connectivity index (χ1v) is 5.79. The van der Waals surface area contributed by atoms with E-state index in [1.807, 2.05) is 0 Å². The molecule has 2 N–H and O–H groups in total. The monoisotopic (exact) mass is 196 g/mol. The van der Waals surface area contributed by atoms with E-state index >= 15 is 0 Å². The molecule has 0 saturated heterocycles. The van der Waals surface area contributed by atoms with Gasteiger partial charge in [0.25, 0.3) is 0 Å². The fourth-order valence-corrected chi connectivity index (χ4v) is 2.27. The van der Waals surface area contributed by atoms with Crippen molar-refractivity contribution in [1.29, 1.82) is 0 Å². The van der Waals surface area contributed by atoms with Gasteiger partial charge in [0.2, 0.25) is 0 Å². The highest BCUT2D eigenvalue weighted by Crippen LogP contribution is 2.30. The predicted molar refractivity (Wildman–Crippen MR) is 62.3 cm³/mol. The Balaban J connectivity index is 2.53. The van der Waals surface area contributed by atoms with Crippen LogP contribution in [-0.4, -0.2) is 5.71 Å². The van der Waals surface area contributed by atoms with E-state index in [4.69, 9.17) is 5.84 Å². The largest absolute Gasteiger partial charge is 0.323 e. The molecule has 1 aliphatic rings. The minimum atomic E-state index is 0.315. The van der Waals surface area contributed by atoms with Crippen molar-refractivity contribution < 1.29 is 0 Å². The molecule has 0 amide bonds. The van der Waals surface area contributed by atoms with Crippen molar-refractivity contribution in [1.82, 2.24) is 0 Å². The summed E-state index contributed by atoms with van der Waals surface area (Å²) in [6.07, 6.45) is 7.75. The molecule has 0 aromatic heterocycles. The fraction of sp³-hybridized carbons (Fsp3) is 0.917. The van der Waals surface area contributed by atoms with Crippen LogP contribution in [0.25, 0.3) is 0 Å². The van der Waals surface area contributed by atoms with E-state index in [-0.39, 0.29) is 0 Å². The van der Waals surface area contributed by atoms with Crippen LogP contribution in [0, 0.1) is 11.3 Å². The van der Waals surface area contributed by atoms with Crippen LogP contribution in [0.3, 0.4) is 0 Å². The maximum Gasteiger partial charge on any atom is 0.0412 e. The van der Waals surface area contributed by atoms with E-state index in [0.29, 0.717) is 11.3 Å². The van der Waals surface area contributed by atoms with Crippen molar-refractivity contribution >= 4 is 5.71 Å². The topological polar surface area (TPSA) is 38.4 Å². The molecule has 0 bridgehead atoms. The predicted octanol–water partition coefficient (Wildman–Crippen LogP) is 3.32. The van der Waals surface area contributed by atoms with Crippen LogP contribution in [0.5, 0.6) is 0 Å². The lowest BCUT2D eigenvalue weighted by Gasteiger charge is -2.27. The lowest BCUT2D eigenvalue weighted by Crippen LogP contribution is -2.24. The second kappa shape index (κ2) is 4.81. The number of hydrogen-bond donors (Lipinski definition) is 1. The zero-order valence-corrected chi connectivity index (χ0v) is 9.84. The fourth-order valence-electron chi connectivity index (χ4n) is 2.27. The highest BCUT2D eigenvalue weighted by molar-refractivity contribution is 5.87. The molecule has 0 radical (unpaired) electrons. The molecule has 0 aliphatic heterocycles. The van der Waals surface area contributed by atoms with Gasteiger partial charge in [-0.1, -0.05) is 40.0 Å². The Morgan fingerprint density at radius 3 is 2.21 bits per heavy atom. The van der Waals surface area contributed by atoms with Crippen molar-refractivity contribution in [2.45, 2.75) is 59.3 Å². The van der Waals surface area contributed by atoms with Gasteiger partial charge in [-0.3, -0.25) is 0 Å². The van der Waals surface area contributed by atoms with Crippen LogP contribution in [0.15, 0.2) is 5.10 Å². The lowest BCUT2D eigenvalue weighted by molar-refractivity contribution is 0.394. The number of nitrogens with two attached hydrogens (primary N) is 1. The van der Waals surface area contributed by atoms with Gasteiger partial charge in [-0.15, -0.1) is 0 Å². The maximum atomic E-state index is 5.50. The summed E-state index contributed by atoms with van der Waals surface area (Å²) in [7, 11) is 0. The van der Waals surface area contributed by atoms with Gasteiger partial charge in [0.1, 0.15) is 0 Å². The lowest BCUT2D eigenvalue weighted by atomic mass is 9.79. The summed E-state index contributed by atoms with van der Waals surface area (Å²) in [6, 6.07) is 0. The Labute approximate surface area is 88.0 Å². The first-order valence-electron chi connectivity index (χ1n) is 5.79. The first-order chi connectivity index (χ1) is 6.53. The van der Waals surface area contributed by atoms with Crippen LogP contribution < -0.4 is 5.84 Å². The average molecular weight is 196 g/mol. The molecule has 0 unspecified atom stereocenters. The summed E-state index contributed by atoms with van der Waals surface area (Å²) < 4.78 is 0. The number of hydrogen-bond acceptors (Lipinski definition) is 2. The zero-order chi connectivity index (χ0) is 10.6. The molecule has 0 spiro atoms. The summed E-state index contributed by atoms with van der Waals surface area (Å²) >= 11 is 0. The van der Waals surface area contributed by atoms with Crippen LogP contribution in [0.2, 0.25) is 0 Å². The summed E-state index contributed by atoms with van der Waals surface area (Å²) in [5, 5.41) is 4.01. The molecule has 82 valence electrons. The maximum absolute atomic E-state index is 5.50. The average Bonchev–Trinajstić information content (AvgIpc) is 2.14. The molecular weight excluding hydrogens is 172 g/mol. The minimum absolute atomic E-state index is 0.315. The van der Waals surface area contributed by atoms with Gasteiger partial charge in [-0.25, -0.2) is 0 Å². The Bertz CT molecular complexity index is 195. The van der Waals surface area contributed by atoms with Crippen molar-refractivity contribution in [2.24, 2.45) is 22.3 Å². The Hall–Kier alpha value is -0.530. The molecule has 1 saturated carbocycles. The van der Waals surface area contributed by atoms with Crippen LogP contribution in [0.1, 0.15) is 59.3 Å². The van der Waals surface area contributed by atoms with Crippen molar-refractivity contribution in [3.63, 3.8) is 0 Å². The summed E-state index contributed by atoms with van der Waals surface area (Å²) in [6.45, 7) is 6.75. The number of hydrazone groups is 1. The van der Waals surface area contributed by atoms with Gasteiger partial charge < -0.3 is 5.84 Å². The van der Waals surface area contributed by atoms with Crippen LogP contribution in [0.4, 0.5) is 0 Å².